The minimum atomic E-state index is -0.597. The van der Waals surface area contributed by atoms with Crippen LogP contribution in [0, 0.1) is 5.82 Å². The van der Waals surface area contributed by atoms with Gasteiger partial charge >= 0.3 is 0 Å². The zero-order valence-corrected chi connectivity index (χ0v) is 13.3. The van der Waals surface area contributed by atoms with Gasteiger partial charge in [0, 0.05) is 18.6 Å². The van der Waals surface area contributed by atoms with Crippen molar-refractivity contribution in [2.24, 2.45) is 0 Å². The lowest BCUT2D eigenvalue weighted by atomic mass is 9.75. The quantitative estimate of drug-likeness (QED) is 0.837. The highest BCUT2D eigenvalue weighted by molar-refractivity contribution is 5.18. The smallest absolute Gasteiger partial charge is 0.123 e. The number of likely N-dealkylation sites (N-methyl/N-ethyl adjacent to an activating group) is 2. The monoisotopic (exact) mass is 294 g/mol. The number of hydrogen-bond donors (Lipinski definition) is 1. The van der Waals surface area contributed by atoms with Crippen LogP contribution in [-0.4, -0.2) is 54.7 Å². The van der Waals surface area contributed by atoms with Gasteiger partial charge in [-0.2, -0.15) is 0 Å². The molecule has 0 aliphatic heterocycles. The lowest BCUT2D eigenvalue weighted by Gasteiger charge is -2.49. The maximum Gasteiger partial charge on any atom is 0.123 e. The van der Waals surface area contributed by atoms with Crippen molar-refractivity contribution in [1.29, 1.82) is 0 Å². The van der Waals surface area contributed by atoms with Gasteiger partial charge in [0.25, 0.3) is 0 Å². The molecule has 118 valence electrons. The summed E-state index contributed by atoms with van der Waals surface area (Å²) in [5, 5.41) is 10.2. The van der Waals surface area contributed by atoms with Crippen molar-refractivity contribution in [3.63, 3.8) is 0 Å². The number of halogens is 1. The summed E-state index contributed by atoms with van der Waals surface area (Å²) in [7, 11) is 6.39. The average molecular weight is 294 g/mol. The molecular formula is C17H27FN2O. The van der Waals surface area contributed by atoms with Gasteiger partial charge in [0.15, 0.2) is 0 Å². The molecule has 1 aliphatic carbocycles. The van der Waals surface area contributed by atoms with E-state index in [2.05, 4.69) is 30.9 Å². The van der Waals surface area contributed by atoms with Crippen LogP contribution in [0.4, 0.5) is 4.39 Å². The van der Waals surface area contributed by atoms with Crippen LogP contribution in [0.2, 0.25) is 0 Å². The van der Waals surface area contributed by atoms with E-state index < -0.39 is 6.10 Å². The number of aliphatic hydroxyl groups excluding tert-OH is 1. The number of nitrogens with zero attached hydrogens (tertiary/aromatic N) is 2. The van der Waals surface area contributed by atoms with Gasteiger partial charge in [-0.25, -0.2) is 4.39 Å². The van der Waals surface area contributed by atoms with Gasteiger partial charge < -0.3 is 14.9 Å². The number of aliphatic hydroxyl groups is 1. The Kier molecular flexibility index (Phi) is 5.36. The number of hydrogen-bond acceptors (Lipinski definition) is 3. The predicted octanol–water partition coefficient (Wildman–Crippen LogP) is 2.67. The van der Waals surface area contributed by atoms with Crippen molar-refractivity contribution in [2.75, 3.05) is 34.2 Å². The van der Waals surface area contributed by atoms with Crippen molar-refractivity contribution >= 4 is 0 Å². The second kappa shape index (κ2) is 6.86. The van der Waals surface area contributed by atoms with Gasteiger partial charge in [0.05, 0.1) is 6.10 Å². The molecule has 4 heteroatoms. The molecule has 0 radical (unpaired) electrons. The fourth-order valence-corrected chi connectivity index (χ4v) is 3.14. The van der Waals surface area contributed by atoms with Gasteiger partial charge in [0.1, 0.15) is 5.82 Å². The highest BCUT2D eigenvalue weighted by atomic mass is 19.1. The minimum Gasteiger partial charge on any atom is -0.388 e. The maximum atomic E-state index is 13.2. The maximum absolute atomic E-state index is 13.2. The molecule has 1 unspecified atom stereocenters. The third-order valence-electron chi connectivity index (χ3n) is 4.81. The van der Waals surface area contributed by atoms with Gasteiger partial charge in [0.2, 0.25) is 0 Å². The van der Waals surface area contributed by atoms with E-state index in [9.17, 15) is 9.50 Å². The van der Waals surface area contributed by atoms with Crippen molar-refractivity contribution in [3.05, 3.63) is 35.6 Å². The van der Waals surface area contributed by atoms with E-state index in [0.29, 0.717) is 17.5 Å². The number of rotatable bonds is 7. The normalized spacial score (nSPS) is 18.8. The fourth-order valence-electron chi connectivity index (χ4n) is 3.14. The summed E-state index contributed by atoms with van der Waals surface area (Å²) in [6.45, 7) is 1.84. The topological polar surface area (TPSA) is 26.7 Å². The van der Waals surface area contributed by atoms with E-state index in [1.807, 2.05) is 0 Å². The minimum absolute atomic E-state index is 0.291. The standard InChI is InChI=1S/C17H27FN2O/c1-19(2)17(9-5-10-17)13-20(3)11-8-16(21)14-6-4-7-15(18)12-14/h4,6-7,12,16,21H,5,8-11,13H2,1-3H3. The molecule has 21 heavy (non-hydrogen) atoms. The Morgan fingerprint density at radius 2 is 2.00 bits per heavy atom. The molecule has 3 nitrogen and oxygen atoms in total. The SMILES string of the molecule is CN(CCC(O)c1cccc(F)c1)CC1(N(C)C)CCC1. The van der Waals surface area contributed by atoms with Crippen LogP contribution >= 0.6 is 0 Å². The first-order valence-corrected chi connectivity index (χ1v) is 7.72. The Morgan fingerprint density at radius 3 is 2.52 bits per heavy atom. The van der Waals surface area contributed by atoms with Crippen LogP contribution in [0.5, 0.6) is 0 Å². The summed E-state index contributed by atoms with van der Waals surface area (Å²) in [6, 6.07) is 6.24. The molecule has 1 fully saturated rings. The van der Waals surface area contributed by atoms with E-state index in [-0.39, 0.29) is 5.82 Å². The Labute approximate surface area is 127 Å². The first-order chi connectivity index (χ1) is 9.93. The predicted molar refractivity (Wildman–Crippen MR) is 83.7 cm³/mol. The fraction of sp³-hybridized carbons (Fsp3) is 0.647. The molecular weight excluding hydrogens is 267 g/mol. The van der Waals surface area contributed by atoms with Crippen molar-refractivity contribution in [2.45, 2.75) is 37.3 Å². The average Bonchev–Trinajstić information content (AvgIpc) is 2.39. The molecule has 1 N–H and O–H groups in total. The lowest BCUT2D eigenvalue weighted by molar-refractivity contribution is 0.0239. The number of benzene rings is 1. The molecule has 2 rings (SSSR count). The Balaban J connectivity index is 1.82. The summed E-state index contributed by atoms with van der Waals surface area (Å²) >= 11 is 0. The van der Waals surface area contributed by atoms with E-state index in [0.717, 1.165) is 13.1 Å². The Morgan fingerprint density at radius 1 is 1.29 bits per heavy atom. The second-order valence-electron chi connectivity index (χ2n) is 6.57. The van der Waals surface area contributed by atoms with Gasteiger partial charge in [-0.05, 0) is 64.5 Å². The Hall–Kier alpha value is -0.970. The molecule has 1 saturated carbocycles. The molecule has 0 aromatic heterocycles. The van der Waals surface area contributed by atoms with E-state index in [4.69, 9.17) is 0 Å². The zero-order chi connectivity index (χ0) is 15.5. The van der Waals surface area contributed by atoms with Crippen molar-refractivity contribution in [3.8, 4) is 0 Å². The van der Waals surface area contributed by atoms with Gasteiger partial charge in [-0.3, -0.25) is 0 Å². The van der Waals surface area contributed by atoms with Crippen molar-refractivity contribution < 1.29 is 9.50 Å². The summed E-state index contributed by atoms with van der Waals surface area (Å²) in [4.78, 5) is 4.61. The summed E-state index contributed by atoms with van der Waals surface area (Å²) in [6.07, 6.45) is 3.83. The third kappa shape index (κ3) is 4.02. The van der Waals surface area contributed by atoms with Crippen LogP contribution in [0.1, 0.15) is 37.4 Å². The highest BCUT2D eigenvalue weighted by Gasteiger charge is 2.39. The highest BCUT2D eigenvalue weighted by Crippen LogP contribution is 2.36. The summed E-state index contributed by atoms with van der Waals surface area (Å²) < 4.78 is 13.2. The molecule has 0 spiro atoms. The van der Waals surface area contributed by atoms with Crippen molar-refractivity contribution in [1.82, 2.24) is 9.80 Å². The first-order valence-electron chi connectivity index (χ1n) is 7.72. The van der Waals surface area contributed by atoms with E-state index >= 15 is 0 Å². The Bertz CT molecular complexity index is 460. The van der Waals surface area contributed by atoms with Crippen LogP contribution in [0.25, 0.3) is 0 Å². The first kappa shape index (κ1) is 16.4. The van der Waals surface area contributed by atoms with Gasteiger partial charge in [-0.1, -0.05) is 12.1 Å². The van der Waals surface area contributed by atoms with Crippen LogP contribution in [0.15, 0.2) is 24.3 Å². The van der Waals surface area contributed by atoms with Crippen LogP contribution in [-0.2, 0) is 0 Å². The summed E-state index contributed by atoms with van der Waals surface area (Å²) in [5.74, 6) is -0.291. The molecule has 0 heterocycles. The van der Waals surface area contributed by atoms with Gasteiger partial charge in [-0.15, -0.1) is 0 Å². The second-order valence-corrected chi connectivity index (χ2v) is 6.57. The van der Waals surface area contributed by atoms with E-state index in [1.54, 1.807) is 12.1 Å². The molecule has 0 bridgehead atoms. The van der Waals surface area contributed by atoms with Crippen LogP contribution in [0.3, 0.4) is 0 Å². The molecule has 1 aliphatic rings. The molecule has 0 saturated heterocycles. The molecule has 0 amide bonds. The zero-order valence-electron chi connectivity index (χ0n) is 13.3. The third-order valence-corrected chi connectivity index (χ3v) is 4.81. The molecule has 1 atom stereocenters. The molecule has 1 aromatic carbocycles. The van der Waals surface area contributed by atoms with E-state index in [1.165, 1.54) is 31.4 Å². The molecule has 1 aromatic rings. The lowest BCUT2D eigenvalue weighted by Crippen LogP contribution is -2.56. The largest absolute Gasteiger partial charge is 0.388 e. The van der Waals surface area contributed by atoms with Crippen LogP contribution < -0.4 is 0 Å². The summed E-state index contributed by atoms with van der Waals surface area (Å²) in [5.41, 5.74) is 0.966.